The van der Waals surface area contributed by atoms with Gasteiger partial charge < -0.3 is 15.5 Å². The molecule has 1 fully saturated rings. The number of amides is 2. The van der Waals surface area contributed by atoms with Gasteiger partial charge in [0.2, 0.25) is 0 Å². The molecule has 2 N–H and O–H groups in total. The van der Waals surface area contributed by atoms with Gasteiger partial charge in [-0.3, -0.25) is 0 Å². The number of benzene rings is 1. The summed E-state index contributed by atoms with van der Waals surface area (Å²) in [5, 5.41) is 5.99. The summed E-state index contributed by atoms with van der Waals surface area (Å²) in [7, 11) is -3.13. The highest BCUT2D eigenvalue weighted by Crippen LogP contribution is 2.10. The van der Waals surface area contributed by atoms with E-state index >= 15 is 0 Å². The summed E-state index contributed by atoms with van der Waals surface area (Å²) in [5.74, 6) is 0. The highest BCUT2D eigenvalue weighted by molar-refractivity contribution is 7.90. The van der Waals surface area contributed by atoms with E-state index in [9.17, 15) is 13.2 Å². The molecule has 1 aromatic rings. The smallest absolute Gasteiger partial charge is 0.317 e. The molecule has 1 heterocycles. The normalized spacial score (nSPS) is 15.4. The number of hydrogen-bond donors (Lipinski definition) is 2. The van der Waals surface area contributed by atoms with Gasteiger partial charge in [-0.15, -0.1) is 0 Å². The van der Waals surface area contributed by atoms with E-state index in [1.165, 1.54) is 6.26 Å². The van der Waals surface area contributed by atoms with Gasteiger partial charge >= 0.3 is 6.03 Å². The van der Waals surface area contributed by atoms with Gasteiger partial charge in [0.15, 0.2) is 9.84 Å². The predicted octanol–water partition coefficient (Wildman–Crippen LogP) is 0.205. The minimum atomic E-state index is -3.13. The lowest BCUT2D eigenvalue weighted by Gasteiger charge is -2.14. The molecule has 1 aliphatic rings. The highest BCUT2D eigenvalue weighted by Gasteiger charge is 2.17. The molecule has 0 aliphatic carbocycles. The molecule has 110 valence electrons. The quantitative estimate of drug-likeness (QED) is 0.736. The summed E-state index contributed by atoms with van der Waals surface area (Å²) in [5.41, 5.74) is 1.02. The van der Waals surface area contributed by atoms with E-state index in [-0.39, 0.29) is 6.03 Å². The fourth-order valence-electron chi connectivity index (χ4n) is 2.03. The lowest BCUT2D eigenvalue weighted by molar-refractivity contribution is 0.217. The van der Waals surface area contributed by atoms with E-state index in [1.54, 1.807) is 29.2 Å². The molecule has 2 amide bonds. The fourth-order valence-corrected chi connectivity index (χ4v) is 2.66. The molecule has 2 rings (SSSR count). The Morgan fingerprint density at radius 2 is 2.00 bits per heavy atom. The third-order valence-electron chi connectivity index (χ3n) is 3.18. The minimum Gasteiger partial charge on any atom is -0.336 e. The van der Waals surface area contributed by atoms with Crippen LogP contribution < -0.4 is 10.6 Å². The summed E-state index contributed by atoms with van der Waals surface area (Å²) in [6.07, 6.45) is 1.20. The third kappa shape index (κ3) is 3.94. The molecule has 6 nitrogen and oxygen atoms in total. The van der Waals surface area contributed by atoms with Crippen LogP contribution in [0.15, 0.2) is 29.2 Å². The second-order valence-corrected chi connectivity index (χ2v) is 6.83. The fraction of sp³-hybridized carbons (Fsp3) is 0.462. The molecule has 1 saturated heterocycles. The van der Waals surface area contributed by atoms with E-state index in [1.807, 2.05) is 0 Å². The minimum absolute atomic E-state index is 0.00990. The van der Waals surface area contributed by atoms with Gasteiger partial charge in [0.05, 0.1) is 4.90 Å². The molecular formula is C13H19N3O3S. The molecule has 0 spiro atoms. The van der Waals surface area contributed by atoms with E-state index in [2.05, 4.69) is 10.6 Å². The molecule has 0 radical (unpaired) electrons. The Balaban J connectivity index is 1.75. The molecule has 0 unspecified atom stereocenters. The van der Waals surface area contributed by atoms with Gasteiger partial charge in [-0.05, 0) is 17.7 Å². The molecule has 0 aromatic heterocycles. The summed E-state index contributed by atoms with van der Waals surface area (Å²) >= 11 is 0. The summed E-state index contributed by atoms with van der Waals surface area (Å²) in [4.78, 5) is 13.4. The Labute approximate surface area is 119 Å². The van der Waals surface area contributed by atoms with Crippen LogP contribution in [0.5, 0.6) is 0 Å². The van der Waals surface area contributed by atoms with Crippen LogP contribution in [0.4, 0.5) is 4.79 Å². The molecule has 1 aromatic carbocycles. The first kappa shape index (κ1) is 14.8. The van der Waals surface area contributed by atoms with Crippen LogP contribution in [-0.4, -0.2) is 51.8 Å². The average molecular weight is 297 g/mol. The average Bonchev–Trinajstić information content (AvgIpc) is 2.80. The van der Waals surface area contributed by atoms with Crippen molar-refractivity contribution in [3.8, 4) is 0 Å². The molecule has 0 atom stereocenters. The molecule has 0 saturated carbocycles. The maximum absolute atomic E-state index is 11.3. The standard InChI is InChI=1S/C13H19N3O3S/c1-20(18,19)12-4-2-11(3-5-12)10-14-6-8-16-9-7-15-13(16)17/h2-5,14H,6-10H2,1H3,(H,15,17). The van der Waals surface area contributed by atoms with Crippen molar-refractivity contribution in [3.05, 3.63) is 29.8 Å². The van der Waals surface area contributed by atoms with Gasteiger partial charge in [0.25, 0.3) is 0 Å². The zero-order valence-electron chi connectivity index (χ0n) is 11.4. The summed E-state index contributed by atoms with van der Waals surface area (Å²) in [6, 6.07) is 6.81. The Morgan fingerprint density at radius 1 is 1.30 bits per heavy atom. The number of sulfone groups is 1. The zero-order chi connectivity index (χ0) is 14.6. The number of carbonyl (C=O) groups is 1. The van der Waals surface area contributed by atoms with Gasteiger partial charge in [0.1, 0.15) is 0 Å². The van der Waals surface area contributed by atoms with Crippen molar-refractivity contribution < 1.29 is 13.2 Å². The van der Waals surface area contributed by atoms with E-state index in [0.717, 1.165) is 12.1 Å². The van der Waals surface area contributed by atoms with Crippen LogP contribution >= 0.6 is 0 Å². The van der Waals surface area contributed by atoms with Crippen LogP contribution in [0, 0.1) is 0 Å². The van der Waals surface area contributed by atoms with Crippen molar-refractivity contribution in [1.82, 2.24) is 15.5 Å². The van der Waals surface area contributed by atoms with Gasteiger partial charge in [-0.25, -0.2) is 13.2 Å². The molecule has 7 heteroatoms. The molecular weight excluding hydrogens is 278 g/mol. The monoisotopic (exact) mass is 297 g/mol. The number of nitrogens with one attached hydrogen (secondary N) is 2. The van der Waals surface area contributed by atoms with Crippen LogP contribution in [0.25, 0.3) is 0 Å². The van der Waals surface area contributed by atoms with Crippen molar-refractivity contribution in [2.45, 2.75) is 11.4 Å². The SMILES string of the molecule is CS(=O)(=O)c1ccc(CNCCN2CCNC2=O)cc1. The summed E-state index contributed by atoms with van der Waals surface area (Å²) in [6.45, 7) is 3.50. The molecule has 20 heavy (non-hydrogen) atoms. The van der Waals surface area contributed by atoms with Gasteiger partial charge in [-0.2, -0.15) is 0 Å². The first-order valence-corrected chi connectivity index (χ1v) is 8.38. The first-order valence-electron chi connectivity index (χ1n) is 6.49. The van der Waals surface area contributed by atoms with Gasteiger partial charge in [0, 0.05) is 39.0 Å². The number of rotatable bonds is 6. The first-order chi connectivity index (χ1) is 9.47. The third-order valence-corrected chi connectivity index (χ3v) is 4.31. The topological polar surface area (TPSA) is 78.5 Å². The van der Waals surface area contributed by atoms with Crippen LogP contribution in [0.2, 0.25) is 0 Å². The van der Waals surface area contributed by atoms with E-state index in [4.69, 9.17) is 0 Å². The maximum atomic E-state index is 11.3. The van der Waals surface area contributed by atoms with Gasteiger partial charge in [-0.1, -0.05) is 12.1 Å². The number of hydrogen-bond acceptors (Lipinski definition) is 4. The highest BCUT2D eigenvalue weighted by atomic mass is 32.2. The Kier molecular flexibility index (Phi) is 4.61. The Hall–Kier alpha value is -1.60. The largest absolute Gasteiger partial charge is 0.336 e. The van der Waals surface area contributed by atoms with Crippen LogP contribution in [0.3, 0.4) is 0 Å². The van der Waals surface area contributed by atoms with Crippen molar-refractivity contribution in [3.63, 3.8) is 0 Å². The Bertz CT molecular complexity index is 569. The van der Waals surface area contributed by atoms with Crippen molar-refractivity contribution in [2.75, 3.05) is 32.4 Å². The summed E-state index contributed by atoms with van der Waals surface area (Å²) < 4.78 is 22.6. The predicted molar refractivity (Wildman–Crippen MR) is 76.2 cm³/mol. The number of urea groups is 1. The molecule has 1 aliphatic heterocycles. The second-order valence-electron chi connectivity index (χ2n) is 4.81. The van der Waals surface area contributed by atoms with E-state index in [0.29, 0.717) is 31.1 Å². The van der Waals surface area contributed by atoms with Crippen molar-refractivity contribution in [2.24, 2.45) is 0 Å². The second kappa shape index (κ2) is 6.23. The number of nitrogens with zero attached hydrogens (tertiary/aromatic N) is 1. The van der Waals surface area contributed by atoms with Crippen molar-refractivity contribution >= 4 is 15.9 Å². The van der Waals surface area contributed by atoms with Crippen molar-refractivity contribution in [1.29, 1.82) is 0 Å². The van der Waals surface area contributed by atoms with Crippen LogP contribution in [0.1, 0.15) is 5.56 Å². The van der Waals surface area contributed by atoms with E-state index < -0.39 is 9.84 Å². The maximum Gasteiger partial charge on any atom is 0.317 e. The zero-order valence-corrected chi connectivity index (χ0v) is 12.2. The number of carbonyl (C=O) groups excluding carboxylic acids is 1. The van der Waals surface area contributed by atoms with Crippen LogP contribution in [-0.2, 0) is 16.4 Å². The lowest BCUT2D eigenvalue weighted by Crippen LogP contribution is -2.34. The lowest BCUT2D eigenvalue weighted by atomic mass is 10.2. The Morgan fingerprint density at radius 3 is 2.55 bits per heavy atom. The molecule has 0 bridgehead atoms.